The molecule has 1 unspecified atom stereocenters. The zero-order valence-corrected chi connectivity index (χ0v) is 18.0. The number of hydrogen-bond donors (Lipinski definition) is 1. The maximum absolute atomic E-state index is 11.3. The van der Waals surface area contributed by atoms with Gasteiger partial charge in [0, 0.05) is 11.8 Å². The molecule has 0 saturated heterocycles. The molecule has 2 aromatic carbocycles. The van der Waals surface area contributed by atoms with Crippen molar-refractivity contribution in [1.82, 2.24) is 4.37 Å². The molecular formula is C19H20NO4PS2. The van der Waals surface area contributed by atoms with Crippen LogP contribution in [-0.4, -0.2) is 23.5 Å². The Morgan fingerprint density at radius 1 is 1.07 bits per heavy atom. The average Bonchev–Trinajstić information content (AvgIpc) is 3.13. The minimum Gasteiger partial charge on any atom is -0.496 e. The first kappa shape index (κ1) is 20.0. The van der Waals surface area contributed by atoms with E-state index in [2.05, 4.69) is 17.4 Å². The first-order valence-electron chi connectivity index (χ1n) is 8.14. The Bertz CT molecular complexity index is 1000. The van der Waals surface area contributed by atoms with E-state index in [-0.39, 0.29) is 0 Å². The summed E-state index contributed by atoms with van der Waals surface area (Å²) in [6.45, 7) is 4.10. The second kappa shape index (κ2) is 8.48. The normalized spacial score (nSPS) is 12.0. The third-order valence-electron chi connectivity index (χ3n) is 4.34. The van der Waals surface area contributed by atoms with Gasteiger partial charge in [0.25, 0.3) is 0 Å². The maximum Gasteiger partial charge on any atom is 0.248 e. The summed E-state index contributed by atoms with van der Waals surface area (Å²) < 4.78 is 26.5. The third-order valence-corrected chi connectivity index (χ3v) is 7.09. The van der Waals surface area contributed by atoms with E-state index in [1.165, 1.54) is 11.5 Å². The molecule has 0 aliphatic rings. The van der Waals surface area contributed by atoms with Crippen LogP contribution in [0.2, 0.25) is 0 Å². The molecule has 0 fully saturated rings. The average molecular weight is 421 g/mol. The molecule has 0 bridgehead atoms. The highest BCUT2D eigenvalue weighted by molar-refractivity contribution is 8.50. The Morgan fingerprint density at radius 3 is 2.48 bits per heavy atom. The highest BCUT2D eigenvalue weighted by Crippen LogP contribution is 2.47. The molecule has 0 aliphatic carbocycles. The standard InChI is InChI=1S/C19H20NO4PS2/c1-11-7-14(8-17(24-4)12(11)2)19-15(10-20-26-19)13-5-6-16(23-3)18(9-13)27-25(21)22/h5-10,25H,1-4H3,(H,21,22). The number of methoxy groups -OCH3 is 2. The lowest BCUT2D eigenvalue weighted by Crippen LogP contribution is -1.92. The number of ether oxygens (including phenoxy) is 2. The molecule has 1 atom stereocenters. The Labute approximate surface area is 167 Å². The van der Waals surface area contributed by atoms with Crippen LogP contribution in [0.3, 0.4) is 0 Å². The van der Waals surface area contributed by atoms with Crippen LogP contribution >= 0.6 is 30.1 Å². The van der Waals surface area contributed by atoms with E-state index in [0.717, 1.165) is 49.8 Å². The first-order chi connectivity index (χ1) is 12.9. The van der Waals surface area contributed by atoms with Crippen molar-refractivity contribution in [3.05, 3.63) is 47.7 Å². The number of benzene rings is 2. The Balaban J connectivity index is 2.11. The summed E-state index contributed by atoms with van der Waals surface area (Å²) in [4.78, 5) is 11.0. The fraction of sp³-hybridized carbons (Fsp3) is 0.211. The van der Waals surface area contributed by atoms with Crippen molar-refractivity contribution >= 4 is 30.1 Å². The number of aromatic nitrogens is 1. The zero-order chi connectivity index (χ0) is 19.6. The van der Waals surface area contributed by atoms with Gasteiger partial charge in [-0.15, -0.1) is 0 Å². The highest BCUT2D eigenvalue weighted by Gasteiger charge is 2.16. The van der Waals surface area contributed by atoms with Crippen LogP contribution < -0.4 is 9.47 Å². The Kier molecular flexibility index (Phi) is 6.27. The summed E-state index contributed by atoms with van der Waals surface area (Å²) in [5, 5.41) is 0. The number of aryl methyl sites for hydroxylation is 1. The van der Waals surface area contributed by atoms with Gasteiger partial charge in [0.2, 0.25) is 7.23 Å². The molecule has 142 valence electrons. The van der Waals surface area contributed by atoms with E-state index < -0.39 is 7.23 Å². The van der Waals surface area contributed by atoms with Crippen molar-refractivity contribution in [3.8, 4) is 33.1 Å². The van der Waals surface area contributed by atoms with Gasteiger partial charge in [-0.1, -0.05) is 12.1 Å². The molecule has 27 heavy (non-hydrogen) atoms. The van der Waals surface area contributed by atoms with Crippen LogP contribution in [0.15, 0.2) is 41.4 Å². The van der Waals surface area contributed by atoms with Crippen LogP contribution in [0, 0.1) is 13.8 Å². The van der Waals surface area contributed by atoms with Crippen molar-refractivity contribution in [3.63, 3.8) is 0 Å². The SMILES string of the molecule is COc1ccc(-c2cnsc2-c2cc(C)c(C)c(OC)c2)cc1S[PH](=O)O. The number of nitrogens with zero attached hydrogens (tertiary/aromatic N) is 1. The predicted octanol–water partition coefficient (Wildman–Crippen LogP) is 5.59. The van der Waals surface area contributed by atoms with Crippen molar-refractivity contribution in [2.45, 2.75) is 18.7 Å². The van der Waals surface area contributed by atoms with E-state index >= 15 is 0 Å². The fourth-order valence-corrected chi connectivity index (χ4v) is 5.27. The molecule has 0 spiro atoms. The van der Waals surface area contributed by atoms with Crippen LogP contribution in [0.4, 0.5) is 0 Å². The third kappa shape index (κ3) is 4.22. The smallest absolute Gasteiger partial charge is 0.248 e. The zero-order valence-electron chi connectivity index (χ0n) is 15.4. The predicted molar refractivity (Wildman–Crippen MR) is 113 cm³/mol. The molecule has 0 amide bonds. The fourth-order valence-electron chi connectivity index (χ4n) is 2.84. The summed E-state index contributed by atoms with van der Waals surface area (Å²) in [5.74, 6) is 1.42. The quantitative estimate of drug-likeness (QED) is 0.524. The van der Waals surface area contributed by atoms with Crippen LogP contribution in [0.5, 0.6) is 11.5 Å². The number of rotatable bonds is 6. The van der Waals surface area contributed by atoms with Gasteiger partial charge in [0.05, 0.1) is 24.0 Å². The van der Waals surface area contributed by atoms with Gasteiger partial charge in [0.1, 0.15) is 11.5 Å². The molecule has 1 N–H and O–H groups in total. The molecule has 0 radical (unpaired) electrons. The molecule has 0 saturated carbocycles. The summed E-state index contributed by atoms with van der Waals surface area (Å²) in [6.07, 6.45) is 1.82. The van der Waals surface area contributed by atoms with E-state index in [9.17, 15) is 9.46 Å². The molecule has 0 aliphatic heterocycles. The first-order valence-corrected chi connectivity index (χ1v) is 11.8. The molecule has 1 aromatic heterocycles. The molecule has 3 aromatic rings. The minimum atomic E-state index is -2.73. The second-order valence-corrected chi connectivity index (χ2v) is 9.56. The highest BCUT2D eigenvalue weighted by atomic mass is 32.7. The van der Waals surface area contributed by atoms with Crippen molar-refractivity contribution in [2.24, 2.45) is 0 Å². The molecular weight excluding hydrogens is 401 g/mol. The Hall–Kier alpha value is -1.79. The van der Waals surface area contributed by atoms with Crippen molar-refractivity contribution < 1.29 is 18.9 Å². The Morgan fingerprint density at radius 2 is 1.81 bits per heavy atom. The summed E-state index contributed by atoms with van der Waals surface area (Å²) in [7, 11) is 0.491. The molecule has 1 heterocycles. The monoisotopic (exact) mass is 421 g/mol. The summed E-state index contributed by atoms with van der Waals surface area (Å²) in [6, 6.07) is 9.76. The minimum absolute atomic E-state index is 0.578. The van der Waals surface area contributed by atoms with Gasteiger partial charge in [-0.3, -0.25) is 4.57 Å². The lowest BCUT2D eigenvalue weighted by molar-refractivity contribution is 0.405. The lowest BCUT2D eigenvalue weighted by Gasteiger charge is -2.12. The maximum atomic E-state index is 11.3. The second-order valence-electron chi connectivity index (χ2n) is 5.92. The lowest BCUT2D eigenvalue weighted by atomic mass is 9.99. The summed E-state index contributed by atoms with van der Waals surface area (Å²) >= 11 is 2.33. The topological polar surface area (TPSA) is 68.7 Å². The van der Waals surface area contributed by atoms with Crippen LogP contribution in [0.25, 0.3) is 21.6 Å². The largest absolute Gasteiger partial charge is 0.496 e. The molecule has 8 heteroatoms. The van der Waals surface area contributed by atoms with Crippen LogP contribution in [0.1, 0.15) is 11.1 Å². The van der Waals surface area contributed by atoms with Gasteiger partial charge in [-0.2, -0.15) is 4.37 Å². The van der Waals surface area contributed by atoms with E-state index in [1.54, 1.807) is 14.2 Å². The van der Waals surface area contributed by atoms with E-state index in [4.69, 9.17) is 9.47 Å². The van der Waals surface area contributed by atoms with Crippen molar-refractivity contribution in [1.29, 1.82) is 0 Å². The number of hydrogen-bond acceptors (Lipinski definition) is 6. The van der Waals surface area contributed by atoms with Gasteiger partial charge in [0.15, 0.2) is 0 Å². The van der Waals surface area contributed by atoms with Gasteiger partial charge >= 0.3 is 0 Å². The molecule has 5 nitrogen and oxygen atoms in total. The van der Waals surface area contributed by atoms with Gasteiger partial charge < -0.3 is 14.4 Å². The van der Waals surface area contributed by atoms with Crippen LogP contribution in [-0.2, 0) is 4.57 Å². The van der Waals surface area contributed by atoms with Gasteiger partial charge in [-0.05, 0) is 77.2 Å². The van der Waals surface area contributed by atoms with E-state index in [0.29, 0.717) is 10.6 Å². The summed E-state index contributed by atoms with van der Waals surface area (Å²) in [5.41, 5.74) is 5.18. The van der Waals surface area contributed by atoms with Gasteiger partial charge in [-0.25, -0.2) is 0 Å². The van der Waals surface area contributed by atoms with Crippen molar-refractivity contribution in [2.75, 3.05) is 14.2 Å². The van der Waals surface area contributed by atoms with E-state index in [1.807, 2.05) is 37.4 Å². The molecule has 3 rings (SSSR count).